The van der Waals surface area contributed by atoms with Gasteiger partial charge in [0, 0.05) is 11.6 Å². The molecule has 0 bridgehead atoms. The Bertz CT molecular complexity index is 785. The Balaban J connectivity index is 2.71. The zero-order valence-electron chi connectivity index (χ0n) is 10.1. The summed E-state index contributed by atoms with van der Waals surface area (Å²) in [4.78, 5) is 0.0318. The van der Waals surface area contributed by atoms with Crippen LogP contribution in [0.3, 0.4) is 0 Å². The average Bonchev–Trinajstić information content (AvgIpc) is 2.79. The number of fused-ring (bicyclic) bond motifs is 1. The third-order valence-corrected chi connectivity index (χ3v) is 4.39. The van der Waals surface area contributed by atoms with Gasteiger partial charge in [-0.25, -0.2) is 16.8 Å². The minimum absolute atomic E-state index is 0.0318. The highest BCUT2D eigenvalue weighted by atomic mass is 32.2. The predicted octanol–water partition coefficient (Wildman–Crippen LogP) is 3.21. The molecular weight excluding hydrogens is 265 g/mol. The highest BCUT2D eigenvalue weighted by Crippen LogP contribution is 2.22. The Labute approximate surface area is 111 Å². The van der Waals surface area contributed by atoms with Crippen LogP contribution < -0.4 is 0 Å². The van der Waals surface area contributed by atoms with E-state index in [2.05, 4.69) is 13.2 Å². The van der Waals surface area contributed by atoms with Crippen molar-refractivity contribution in [2.75, 3.05) is 0 Å². The van der Waals surface area contributed by atoms with Gasteiger partial charge in [0.15, 0.2) is 0 Å². The number of benzene rings is 1. The molecule has 1 heterocycles. The summed E-state index contributed by atoms with van der Waals surface area (Å²) in [6.45, 7) is 6.95. The van der Waals surface area contributed by atoms with Crippen molar-refractivity contribution < 1.29 is 12.8 Å². The number of halogens is 1. The smallest absolute Gasteiger partial charge is 0.241 e. The zero-order chi connectivity index (χ0) is 14.0. The van der Waals surface area contributed by atoms with Gasteiger partial charge in [-0.05, 0) is 36.4 Å². The summed E-state index contributed by atoms with van der Waals surface area (Å²) >= 11 is 0. The van der Waals surface area contributed by atoms with Crippen LogP contribution in [-0.4, -0.2) is 12.4 Å². The molecule has 0 N–H and O–H groups in total. The molecule has 1 aromatic heterocycles. The van der Waals surface area contributed by atoms with Crippen molar-refractivity contribution in [3.05, 3.63) is 72.6 Å². The molecule has 2 aromatic rings. The normalized spacial score (nSPS) is 12.6. The molecule has 0 saturated carbocycles. The van der Waals surface area contributed by atoms with Crippen molar-refractivity contribution in [2.24, 2.45) is 0 Å². The van der Waals surface area contributed by atoms with Crippen molar-refractivity contribution in [1.29, 1.82) is 0 Å². The second-order valence-electron chi connectivity index (χ2n) is 3.83. The van der Waals surface area contributed by atoms with Gasteiger partial charge in [0.25, 0.3) is 10.0 Å². The first-order valence-electron chi connectivity index (χ1n) is 5.48. The maximum absolute atomic E-state index is 13.1. The summed E-state index contributed by atoms with van der Waals surface area (Å²) in [6, 6.07) is 5.48. The lowest BCUT2D eigenvalue weighted by atomic mass is 10.2. The fraction of sp³-hybridized carbons (Fsp3) is 0. The number of hydrogen-bond acceptors (Lipinski definition) is 2. The Morgan fingerprint density at radius 1 is 1.26 bits per heavy atom. The molecule has 19 heavy (non-hydrogen) atoms. The number of nitrogens with zero attached hydrogens (tertiary/aromatic N) is 1. The topological polar surface area (TPSA) is 39.1 Å². The summed E-state index contributed by atoms with van der Waals surface area (Å²) in [6.07, 6.45) is 5.36. The SMILES string of the molecule is C=C/C=C(\C=C)S(=O)(=O)n1ccc2cc(F)ccc21. The van der Waals surface area contributed by atoms with Crippen LogP contribution in [0.15, 0.2) is 66.8 Å². The van der Waals surface area contributed by atoms with Crippen molar-refractivity contribution >= 4 is 20.9 Å². The standard InChI is InChI=1S/C14H12FNO2S/c1-3-5-13(4-2)19(17,18)16-9-8-11-10-12(15)6-7-14(11)16/h3-10H,1-2H2/b13-5+. The summed E-state index contributed by atoms with van der Waals surface area (Å²) in [5.41, 5.74) is 0.415. The van der Waals surface area contributed by atoms with Gasteiger partial charge >= 0.3 is 0 Å². The number of allylic oxidation sites excluding steroid dienone is 3. The molecule has 0 aliphatic carbocycles. The molecule has 0 atom stereocenters. The molecule has 0 spiro atoms. The van der Waals surface area contributed by atoms with E-state index < -0.39 is 15.8 Å². The van der Waals surface area contributed by atoms with Crippen LogP contribution >= 0.6 is 0 Å². The minimum atomic E-state index is -3.74. The van der Waals surface area contributed by atoms with Gasteiger partial charge in [-0.2, -0.15) is 0 Å². The average molecular weight is 277 g/mol. The van der Waals surface area contributed by atoms with Gasteiger partial charge in [0.05, 0.1) is 10.4 Å². The fourth-order valence-electron chi connectivity index (χ4n) is 1.79. The van der Waals surface area contributed by atoms with E-state index in [0.29, 0.717) is 10.9 Å². The van der Waals surface area contributed by atoms with E-state index in [1.165, 1.54) is 42.6 Å². The van der Waals surface area contributed by atoms with Crippen LogP contribution in [0.25, 0.3) is 10.9 Å². The van der Waals surface area contributed by atoms with Gasteiger partial charge in [-0.15, -0.1) is 0 Å². The Morgan fingerprint density at radius 3 is 2.63 bits per heavy atom. The van der Waals surface area contributed by atoms with Gasteiger partial charge in [0.1, 0.15) is 5.82 Å². The van der Waals surface area contributed by atoms with Gasteiger partial charge < -0.3 is 0 Å². The molecule has 0 fully saturated rings. The molecule has 5 heteroatoms. The lowest BCUT2D eigenvalue weighted by molar-refractivity contribution is 0.596. The molecule has 98 valence electrons. The van der Waals surface area contributed by atoms with Gasteiger partial charge in [-0.3, -0.25) is 0 Å². The molecular formula is C14H12FNO2S. The third-order valence-electron chi connectivity index (χ3n) is 2.66. The fourth-order valence-corrected chi connectivity index (χ4v) is 3.14. The van der Waals surface area contributed by atoms with E-state index in [-0.39, 0.29) is 4.91 Å². The van der Waals surface area contributed by atoms with E-state index in [1.807, 2.05) is 0 Å². The molecule has 0 aliphatic heterocycles. The van der Waals surface area contributed by atoms with Gasteiger partial charge in [0.2, 0.25) is 0 Å². The number of rotatable bonds is 4. The highest BCUT2D eigenvalue weighted by molar-refractivity contribution is 7.94. The molecule has 0 radical (unpaired) electrons. The molecule has 0 unspecified atom stereocenters. The second-order valence-corrected chi connectivity index (χ2v) is 5.64. The van der Waals surface area contributed by atoms with E-state index in [0.717, 1.165) is 3.97 Å². The Morgan fingerprint density at radius 2 is 2.00 bits per heavy atom. The van der Waals surface area contributed by atoms with E-state index in [4.69, 9.17) is 0 Å². The molecule has 3 nitrogen and oxygen atoms in total. The van der Waals surface area contributed by atoms with Crippen LogP contribution in [0.4, 0.5) is 4.39 Å². The van der Waals surface area contributed by atoms with Crippen LogP contribution in [0.1, 0.15) is 0 Å². The van der Waals surface area contributed by atoms with Crippen molar-refractivity contribution in [2.45, 2.75) is 0 Å². The molecule has 0 saturated heterocycles. The van der Waals surface area contributed by atoms with Crippen LogP contribution in [0.2, 0.25) is 0 Å². The monoisotopic (exact) mass is 277 g/mol. The van der Waals surface area contributed by atoms with Gasteiger partial charge in [-0.1, -0.05) is 19.2 Å². The van der Waals surface area contributed by atoms with Crippen LogP contribution in [0, 0.1) is 5.82 Å². The summed E-state index contributed by atoms with van der Waals surface area (Å²) in [7, 11) is -3.74. The third kappa shape index (κ3) is 2.24. The summed E-state index contributed by atoms with van der Waals surface area (Å²) in [5.74, 6) is -0.409. The Kier molecular flexibility index (Phi) is 3.40. The maximum Gasteiger partial charge on any atom is 0.268 e. The van der Waals surface area contributed by atoms with E-state index >= 15 is 0 Å². The van der Waals surface area contributed by atoms with Crippen molar-refractivity contribution in [1.82, 2.24) is 3.97 Å². The van der Waals surface area contributed by atoms with E-state index in [9.17, 15) is 12.8 Å². The Hall–Kier alpha value is -2.14. The maximum atomic E-state index is 13.1. The first kappa shape index (κ1) is 13.3. The largest absolute Gasteiger partial charge is 0.268 e. The quantitative estimate of drug-likeness (QED) is 0.805. The van der Waals surface area contributed by atoms with Crippen LogP contribution in [-0.2, 0) is 10.0 Å². The highest BCUT2D eigenvalue weighted by Gasteiger charge is 2.19. The summed E-state index contributed by atoms with van der Waals surface area (Å²) < 4.78 is 39.0. The van der Waals surface area contributed by atoms with E-state index in [1.54, 1.807) is 6.07 Å². The second kappa shape index (κ2) is 4.85. The lowest BCUT2D eigenvalue weighted by Gasteiger charge is -2.07. The lowest BCUT2D eigenvalue weighted by Crippen LogP contribution is -2.12. The van der Waals surface area contributed by atoms with Crippen molar-refractivity contribution in [3.8, 4) is 0 Å². The predicted molar refractivity (Wildman–Crippen MR) is 74.7 cm³/mol. The van der Waals surface area contributed by atoms with Crippen molar-refractivity contribution in [3.63, 3.8) is 0 Å². The summed E-state index contributed by atoms with van der Waals surface area (Å²) in [5, 5.41) is 0.519. The number of aromatic nitrogens is 1. The first-order chi connectivity index (χ1) is 9.00. The molecule has 2 rings (SSSR count). The first-order valence-corrected chi connectivity index (χ1v) is 6.92. The molecule has 0 amide bonds. The number of hydrogen-bond donors (Lipinski definition) is 0. The van der Waals surface area contributed by atoms with Crippen LogP contribution in [0.5, 0.6) is 0 Å². The zero-order valence-corrected chi connectivity index (χ0v) is 10.9. The molecule has 0 aliphatic rings. The minimum Gasteiger partial charge on any atom is -0.241 e. The molecule has 1 aromatic carbocycles.